The quantitative estimate of drug-likeness (QED) is 0.324. The van der Waals surface area contributed by atoms with Crippen molar-refractivity contribution in [2.24, 2.45) is 0 Å². The summed E-state index contributed by atoms with van der Waals surface area (Å²) in [5.41, 5.74) is 1.47. The van der Waals surface area contributed by atoms with Crippen LogP contribution in [0.5, 0.6) is 0 Å². The Morgan fingerprint density at radius 2 is 1.06 bits per heavy atom. The van der Waals surface area contributed by atoms with Crippen LogP contribution in [0.15, 0.2) is 11.6 Å². The first-order valence-electron chi connectivity index (χ1n) is 7.40. The standard InChI is InChI=1S/C16H32.2H3N/c1-4-5-6-7-8-9-10-11-12-13-14-15-16(2)3;;/h15H,4-14H2,1-3H3;2*1H3. The number of unbranched alkanes of at least 4 members (excludes halogenated alkanes) is 10. The van der Waals surface area contributed by atoms with E-state index in [2.05, 4.69) is 26.8 Å². The molecule has 18 heavy (non-hydrogen) atoms. The van der Waals surface area contributed by atoms with Crippen LogP contribution in [0.25, 0.3) is 0 Å². The minimum absolute atomic E-state index is 0. The summed E-state index contributed by atoms with van der Waals surface area (Å²) in [4.78, 5) is 0. The molecule has 0 amide bonds. The van der Waals surface area contributed by atoms with E-state index < -0.39 is 0 Å². The van der Waals surface area contributed by atoms with Crippen molar-refractivity contribution in [1.82, 2.24) is 12.3 Å². The number of hydrogen-bond donors (Lipinski definition) is 2. The summed E-state index contributed by atoms with van der Waals surface area (Å²) in [7, 11) is 0. The maximum absolute atomic E-state index is 2.37. The molecule has 0 aliphatic rings. The van der Waals surface area contributed by atoms with Crippen LogP contribution in [-0.2, 0) is 0 Å². The molecule has 0 saturated carbocycles. The zero-order valence-electron chi connectivity index (χ0n) is 13.3. The van der Waals surface area contributed by atoms with Gasteiger partial charge in [0.25, 0.3) is 0 Å². The molecule has 2 heteroatoms. The highest BCUT2D eigenvalue weighted by Gasteiger charge is 1.91. The molecule has 6 N–H and O–H groups in total. The Morgan fingerprint density at radius 3 is 1.44 bits per heavy atom. The van der Waals surface area contributed by atoms with E-state index in [4.69, 9.17) is 0 Å². The molecule has 0 radical (unpaired) electrons. The smallest absolute Gasteiger partial charge is 0.0348 e. The molecular weight excluding hydrogens is 220 g/mol. The van der Waals surface area contributed by atoms with Gasteiger partial charge in [0, 0.05) is 0 Å². The number of allylic oxidation sites excluding steroid dienone is 2. The Morgan fingerprint density at radius 1 is 0.667 bits per heavy atom. The third-order valence-corrected chi connectivity index (χ3v) is 3.11. The number of rotatable bonds is 11. The maximum Gasteiger partial charge on any atom is -0.0348 e. The number of hydrogen-bond acceptors (Lipinski definition) is 2. The Kier molecular flexibility index (Phi) is 24.1. The Labute approximate surface area is 116 Å². The van der Waals surface area contributed by atoms with E-state index in [1.807, 2.05) is 0 Å². The topological polar surface area (TPSA) is 70.0 Å². The Bertz CT molecular complexity index is 160. The summed E-state index contributed by atoms with van der Waals surface area (Å²) in [6.45, 7) is 6.67. The summed E-state index contributed by atoms with van der Waals surface area (Å²) >= 11 is 0. The van der Waals surface area contributed by atoms with Crippen molar-refractivity contribution in [2.75, 3.05) is 0 Å². The fourth-order valence-electron chi connectivity index (χ4n) is 2.02. The van der Waals surface area contributed by atoms with Crippen molar-refractivity contribution < 1.29 is 0 Å². The van der Waals surface area contributed by atoms with Gasteiger partial charge in [0.05, 0.1) is 0 Å². The molecule has 0 aliphatic heterocycles. The van der Waals surface area contributed by atoms with Gasteiger partial charge in [0.15, 0.2) is 0 Å². The minimum atomic E-state index is 0. The average molecular weight is 258 g/mol. The predicted octanol–water partition coefficient (Wildman–Crippen LogP) is 6.59. The van der Waals surface area contributed by atoms with Crippen molar-refractivity contribution in [2.45, 2.75) is 91.4 Å². The van der Waals surface area contributed by atoms with Gasteiger partial charge in [0.2, 0.25) is 0 Å². The summed E-state index contributed by atoms with van der Waals surface area (Å²) in [5.74, 6) is 0. The van der Waals surface area contributed by atoms with Gasteiger partial charge in [0.1, 0.15) is 0 Å². The second-order valence-corrected chi connectivity index (χ2v) is 5.25. The van der Waals surface area contributed by atoms with Crippen LogP contribution in [0.4, 0.5) is 0 Å². The molecule has 2 nitrogen and oxygen atoms in total. The van der Waals surface area contributed by atoms with Crippen LogP contribution in [0.2, 0.25) is 0 Å². The van der Waals surface area contributed by atoms with Gasteiger partial charge in [-0.25, -0.2) is 0 Å². The molecule has 0 heterocycles. The molecule has 0 aliphatic carbocycles. The normalized spacial score (nSPS) is 9.28. The van der Waals surface area contributed by atoms with Crippen LogP contribution >= 0.6 is 0 Å². The molecule has 0 aromatic rings. The van der Waals surface area contributed by atoms with Crippen LogP contribution in [-0.4, -0.2) is 0 Å². The first-order valence-corrected chi connectivity index (χ1v) is 7.40. The minimum Gasteiger partial charge on any atom is -0.344 e. The summed E-state index contributed by atoms with van der Waals surface area (Å²) in [6.07, 6.45) is 18.0. The van der Waals surface area contributed by atoms with E-state index in [9.17, 15) is 0 Å². The molecule has 0 rings (SSSR count). The highest BCUT2D eigenvalue weighted by molar-refractivity contribution is 4.92. The lowest BCUT2D eigenvalue weighted by Gasteiger charge is -2.01. The fraction of sp³-hybridized carbons (Fsp3) is 0.875. The average Bonchev–Trinajstić information content (AvgIpc) is 2.25. The van der Waals surface area contributed by atoms with E-state index in [1.54, 1.807) is 0 Å². The van der Waals surface area contributed by atoms with Crippen molar-refractivity contribution >= 4 is 0 Å². The summed E-state index contributed by atoms with van der Waals surface area (Å²) in [6, 6.07) is 0. The third kappa shape index (κ3) is 21.0. The molecule has 0 fully saturated rings. The van der Waals surface area contributed by atoms with Gasteiger partial charge in [-0.3, -0.25) is 0 Å². The van der Waals surface area contributed by atoms with E-state index >= 15 is 0 Å². The molecular formula is C16H38N2. The van der Waals surface area contributed by atoms with Gasteiger partial charge < -0.3 is 12.3 Å². The van der Waals surface area contributed by atoms with Gasteiger partial charge in [-0.15, -0.1) is 0 Å². The lowest BCUT2D eigenvalue weighted by Crippen LogP contribution is -1.81. The van der Waals surface area contributed by atoms with Crippen molar-refractivity contribution in [3.05, 3.63) is 11.6 Å². The zero-order chi connectivity index (χ0) is 12.1. The molecule has 0 aromatic heterocycles. The third-order valence-electron chi connectivity index (χ3n) is 3.11. The Balaban J connectivity index is -0.00000112. The molecule has 112 valence electrons. The molecule has 0 saturated heterocycles. The van der Waals surface area contributed by atoms with Crippen molar-refractivity contribution in [1.29, 1.82) is 0 Å². The highest BCUT2D eigenvalue weighted by atomic mass is 14.0. The van der Waals surface area contributed by atoms with Gasteiger partial charge in [-0.2, -0.15) is 0 Å². The summed E-state index contributed by atoms with van der Waals surface area (Å²) in [5, 5.41) is 0. The van der Waals surface area contributed by atoms with Crippen molar-refractivity contribution in [3.8, 4) is 0 Å². The molecule has 0 bridgehead atoms. The zero-order valence-corrected chi connectivity index (χ0v) is 13.3. The van der Waals surface area contributed by atoms with Gasteiger partial charge in [-0.1, -0.05) is 76.4 Å². The van der Waals surface area contributed by atoms with Crippen LogP contribution in [0, 0.1) is 0 Å². The molecule has 0 atom stereocenters. The van der Waals surface area contributed by atoms with E-state index in [0.29, 0.717) is 0 Å². The van der Waals surface area contributed by atoms with E-state index in [1.165, 1.54) is 76.2 Å². The molecule has 0 unspecified atom stereocenters. The van der Waals surface area contributed by atoms with Crippen LogP contribution in [0.1, 0.15) is 91.4 Å². The van der Waals surface area contributed by atoms with Gasteiger partial charge in [-0.05, 0) is 26.7 Å². The van der Waals surface area contributed by atoms with Gasteiger partial charge >= 0.3 is 0 Å². The highest BCUT2D eigenvalue weighted by Crippen LogP contribution is 2.11. The monoisotopic (exact) mass is 258 g/mol. The van der Waals surface area contributed by atoms with E-state index in [0.717, 1.165) is 0 Å². The summed E-state index contributed by atoms with van der Waals surface area (Å²) < 4.78 is 0. The first kappa shape index (κ1) is 22.8. The van der Waals surface area contributed by atoms with Crippen LogP contribution in [0.3, 0.4) is 0 Å². The second-order valence-electron chi connectivity index (χ2n) is 5.25. The lowest BCUT2D eigenvalue weighted by atomic mass is 10.1. The maximum atomic E-state index is 2.37. The van der Waals surface area contributed by atoms with E-state index in [-0.39, 0.29) is 12.3 Å². The largest absolute Gasteiger partial charge is 0.344 e. The van der Waals surface area contributed by atoms with Crippen molar-refractivity contribution in [3.63, 3.8) is 0 Å². The Hall–Kier alpha value is -0.340. The second kappa shape index (κ2) is 19.0. The molecule has 0 spiro atoms. The van der Waals surface area contributed by atoms with Crippen LogP contribution < -0.4 is 12.3 Å². The predicted molar refractivity (Wildman–Crippen MR) is 85.9 cm³/mol. The SMILES string of the molecule is CCCCCCCCCCCCC=C(C)C.N.N. The molecule has 0 aromatic carbocycles. The first-order chi connectivity index (χ1) is 7.77. The lowest BCUT2D eigenvalue weighted by molar-refractivity contribution is 0.557. The fourth-order valence-corrected chi connectivity index (χ4v) is 2.02.